The number of benzene rings is 1. The molecule has 0 fully saturated rings. The molecule has 0 radical (unpaired) electrons. The minimum absolute atomic E-state index is 0.230. The maximum Gasteiger partial charge on any atom is 0.313 e. The number of para-hydroxylation sites is 1. The lowest BCUT2D eigenvalue weighted by molar-refractivity contribution is -0.136. The Bertz CT molecular complexity index is 860. The SMILES string of the molecule is O=C(NCC(O)(c1ccsc1)c1ccco1)C(=O)Nc1ccccc1Cl. The zero-order chi connectivity index (χ0) is 18.6. The van der Waals surface area contributed by atoms with Gasteiger partial charge in [-0.2, -0.15) is 11.3 Å². The van der Waals surface area contributed by atoms with E-state index in [0.717, 1.165) is 0 Å². The monoisotopic (exact) mass is 390 g/mol. The molecule has 2 aromatic heterocycles. The minimum atomic E-state index is -1.58. The zero-order valence-electron chi connectivity index (χ0n) is 13.4. The number of nitrogens with one attached hydrogen (secondary N) is 2. The first-order chi connectivity index (χ1) is 12.5. The number of amides is 2. The number of aliphatic hydroxyl groups is 1. The van der Waals surface area contributed by atoms with Crippen LogP contribution >= 0.6 is 22.9 Å². The van der Waals surface area contributed by atoms with Gasteiger partial charge in [-0.3, -0.25) is 9.59 Å². The molecular weight excluding hydrogens is 376 g/mol. The van der Waals surface area contributed by atoms with Crippen molar-refractivity contribution in [2.24, 2.45) is 0 Å². The van der Waals surface area contributed by atoms with Crippen LogP contribution in [0.25, 0.3) is 0 Å². The van der Waals surface area contributed by atoms with Gasteiger partial charge in [0, 0.05) is 5.56 Å². The first-order valence-corrected chi connectivity index (χ1v) is 8.95. The molecule has 2 heterocycles. The number of anilines is 1. The van der Waals surface area contributed by atoms with Gasteiger partial charge in [0.2, 0.25) is 0 Å². The summed E-state index contributed by atoms with van der Waals surface area (Å²) in [5.41, 5.74) is -0.693. The summed E-state index contributed by atoms with van der Waals surface area (Å²) in [7, 11) is 0. The summed E-state index contributed by atoms with van der Waals surface area (Å²) in [5, 5.41) is 19.8. The number of carbonyl (C=O) groups is 2. The predicted octanol–water partition coefficient (Wildman–Crippen LogP) is 2.99. The highest BCUT2D eigenvalue weighted by Crippen LogP contribution is 2.31. The van der Waals surface area contributed by atoms with Gasteiger partial charge in [-0.15, -0.1) is 0 Å². The van der Waals surface area contributed by atoms with Crippen molar-refractivity contribution < 1.29 is 19.1 Å². The number of rotatable bonds is 5. The molecule has 0 saturated heterocycles. The summed E-state index contributed by atoms with van der Waals surface area (Å²) < 4.78 is 5.31. The fraction of sp³-hybridized carbons (Fsp3) is 0.111. The summed E-state index contributed by atoms with van der Waals surface area (Å²) in [6.45, 7) is -0.230. The number of hydrogen-bond acceptors (Lipinski definition) is 5. The largest absolute Gasteiger partial charge is 0.466 e. The van der Waals surface area contributed by atoms with Gasteiger partial charge in [0.1, 0.15) is 5.76 Å². The molecule has 3 aromatic rings. The highest BCUT2D eigenvalue weighted by molar-refractivity contribution is 7.08. The zero-order valence-corrected chi connectivity index (χ0v) is 15.0. The second-order valence-corrected chi connectivity index (χ2v) is 6.65. The van der Waals surface area contributed by atoms with Crippen molar-refractivity contribution in [3.05, 3.63) is 75.8 Å². The molecule has 3 N–H and O–H groups in total. The van der Waals surface area contributed by atoms with E-state index in [2.05, 4.69) is 10.6 Å². The smallest absolute Gasteiger partial charge is 0.313 e. The number of carbonyl (C=O) groups excluding carboxylic acids is 2. The number of thiophene rings is 1. The standard InChI is InChI=1S/C18H15ClN2O4S/c19-13-4-1-2-5-14(13)21-17(23)16(22)20-11-18(24,12-7-9-26-10-12)15-6-3-8-25-15/h1-10,24H,11H2,(H,20,22)(H,21,23). The normalized spacial score (nSPS) is 13.0. The Balaban J connectivity index is 1.70. The maximum absolute atomic E-state index is 12.1. The van der Waals surface area contributed by atoms with E-state index in [0.29, 0.717) is 16.3 Å². The molecule has 1 atom stereocenters. The third-order valence-electron chi connectivity index (χ3n) is 3.76. The summed E-state index contributed by atoms with van der Waals surface area (Å²) in [5.74, 6) is -1.52. The second kappa shape index (κ2) is 7.74. The number of furan rings is 1. The average Bonchev–Trinajstić information content (AvgIpc) is 3.35. The highest BCUT2D eigenvalue weighted by atomic mass is 35.5. The average molecular weight is 391 g/mol. The van der Waals surface area contributed by atoms with Crippen molar-refractivity contribution in [2.75, 3.05) is 11.9 Å². The van der Waals surface area contributed by atoms with Crippen LogP contribution in [0.15, 0.2) is 63.9 Å². The van der Waals surface area contributed by atoms with Crippen molar-refractivity contribution in [1.29, 1.82) is 0 Å². The van der Waals surface area contributed by atoms with E-state index in [1.165, 1.54) is 17.6 Å². The van der Waals surface area contributed by atoms with Crippen molar-refractivity contribution in [2.45, 2.75) is 5.60 Å². The maximum atomic E-state index is 12.1. The molecular formula is C18H15ClN2O4S. The molecule has 3 rings (SSSR count). The van der Waals surface area contributed by atoms with Crippen LogP contribution in [-0.2, 0) is 15.2 Å². The Morgan fingerprint density at radius 2 is 1.96 bits per heavy atom. The van der Waals surface area contributed by atoms with Gasteiger partial charge >= 0.3 is 11.8 Å². The topological polar surface area (TPSA) is 91.6 Å². The molecule has 0 aliphatic carbocycles. The van der Waals surface area contributed by atoms with Crippen LogP contribution in [0.4, 0.5) is 5.69 Å². The van der Waals surface area contributed by atoms with E-state index in [4.69, 9.17) is 16.0 Å². The van der Waals surface area contributed by atoms with Gasteiger partial charge in [-0.25, -0.2) is 0 Å². The van der Waals surface area contributed by atoms with Gasteiger partial charge < -0.3 is 20.2 Å². The Hall–Kier alpha value is -2.61. The van der Waals surface area contributed by atoms with Crippen LogP contribution in [-0.4, -0.2) is 23.5 Å². The molecule has 1 unspecified atom stereocenters. The van der Waals surface area contributed by atoms with E-state index in [1.54, 1.807) is 53.2 Å². The predicted molar refractivity (Wildman–Crippen MR) is 99.1 cm³/mol. The van der Waals surface area contributed by atoms with E-state index < -0.39 is 17.4 Å². The quantitative estimate of drug-likeness (QED) is 0.584. The third kappa shape index (κ3) is 3.80. The number of hydrogen-bond donors (Lipinski definition) is 3. The first-order valence-electron chi connectivity index (χ1n) is 7.63. The van der Waals surface area contributed by atoms with Crippen molar-refractivity contribution in [1.82, 2.24) is 5.32 Å². The second-order valence-electron chi connectivity index (χ2n) is 5.47. The van der Waals surface area contributed by atoms with Gasteiger partial charge in [-0.05, 0) is 41.1 Å². The molecule has 0 saturated carbocycles. The Morgan fingerprint density at radius 1 is 1.15 bits per heavy atom. The van der Waals surface area contributed by atoms with Gasteiger partial charge in [0.15, 0.2) is 5.60 Å². The lowest BCUT2D eigenvalue weighted by atomic mass is 9.93. The van der Waals surface area contributed by atoms with E-state index >= 15 is 0 Å². The molecule has 0 spiro atoms. The van der Waals surface area contributed by atoms with Crippen LogP contribution in [0.5, 0.6) is 0 Å². The Labute approximate surface area is 158 Å². The Kier molecular flexibility index (Phi) is 5.41. The summed E-state index contributed by atoms with van der Waals surface area (Å²) in [6, 6.07) is 11.5. The minimum Gasteiger partial charge on any atom is -0.466 e. The Morgan fingerprint density at radius 3 is 2.62 bits per heavy atom. The van der Waals surface area contributed by atoms with Gasteiger partial charge in [0.05, 0.1) is 23.5 Å². The number of halogens is 1. The first kappa shape index (κ1) is 18.2. The summed E-state index contributed by atoms with van der Waals surface area (Å²) >= 11 is 7.36. The molecule has 2 amide bonds. The summed E-state index contributed by atoms with van der Waals surface area (Å²) in [4.78, 5) is 24.2. The molecule has 0 aliphatic rings. The lowest BCUT2D eigenvalue weighted by Gasteiger charge is -2.25. The highest BCUT2D eigenvalue weighted by Gasteiger charge is 2.36. The van der Waals surface area contributed by atoms with E-state index in [1.807, 2.05) is 0 Å². The third-order valence-corrected chi connectivity index (χ3v) is 4.77. The molecule has 26 heavy (non-hydrogen) atoms. The van der Waals surface area contributed by atoms with E-state index in [-0.39, 0.29) is 12.3 Å². The molecule has 0 bridgehead atoms. The fourth-order valence-corrected chi connectivity index (χ4v) is 3.28. The van der Waals surface area contributed by atoms with Crippen LogP contribution in [0.3, 0.4) is 0 Å². The molecule has 6 nitrogen and oxygen atoms in total. The molecule has 0 aliphatic heterocycles. The van der Waals surface area contributed by atoms with Crippen molar-refractivity contribution in [3.63, 3.8) is 0 Å². The van der Waals surface area contributed by atoms with Crippen LogP contribution in [0, 0.1) is 0 Å². The van der Waals surface area contributed by atoms with E-state index in [9.17, 15) is 14.7 Å². The van der Waals surface area contributed by atoms with Crippen molar-refractivity contribution >= 4 is 40.4 Å². The molecule has 134 valence electrons. The summed E-state index contributed by atoms with van der Waals surface area (Å²) in [6.07, 6.45) is 1.43. The van der Waals surface area contributed by atoms with Crippen molar-refractivity contribution in [3.8, 4) is 0 Å². The van der Waals surface area contributed by atoms with Crippen LogP contribution < -0.4 is 10.6 Å². The molecule has 8 heteroatoms. The van der Waals surface area contributed by atoms with Crippen LogP contribution in [0.2, 0.25) is 5.02 Å². The molecule has 1 aromatic carbocycles. The van der Waals surface area contributed by atoms with Crippen LogP contribution in [0.1, 0.15) is 11.3 Å². The van der Waals surface area contributed by atoms with Gasteiger partial charge in [0.25, 0.3) is 0 Å². The fourth-order valence-electron chi connectivity index (χ4n) is 2.38. The van der Waals surface area contributed by atoms with Gasteiger partial charge in [-0.1, -0.05) is 23.7 Å². The lowest BCUT2D eigenvalue weighted by Crippen LogP contribution is -2.45.